The highest BCUT2D eigenvalue weighted by atomic mass is 16.6. The van der Waals surface area contributed by atoms with Crippen LogP contribution in [0.25, 0.3) is 11.2 Å². The molecular formula is C10H13N5O3. The molecule has 0 amide bonds. The van der Waals surface area contributed by atoms with Gasteiger partial charge in [-0.25, -0.2) is 15.0 Å². The van der Waals surface area contributed by atoms with Crippen molar-refractivity contribution in [3.8, 4) is 0 Å². The van der Waals surface area contributed by atoms with Gasteiger partial charge < -0.3 is 20.7 Å². The minimum Gasteiger partial charge on any atom is -0.388 e. The molecule has 1 fully saturated rings. The van der Waals surface area contributed by atoms with Crippen molar-refractivity contribution in [1.29, 1.82) is 0 Å². The predicted octanol–water partition coefficient (Wildman–Crippen LogP) is -0.952. The first-order valence-corrected chi connectivity index (χ1v) is 5.54. The van der Waals surface area contributed by atoms with Gasteiger partial charge in [0.2, 0.25) is 0 Å². The minimum absolute atomic E-state index is 0.264. The molecule has 18 heavy (non-hydrogen) atoms. The third-order valence-electron chi connectivity index (χ3n) is 3.14. The fourth-order valence-electron chi connectivity index (χ4n) is 2.11. The van der Waals surface area contributed by atoms with E-state index in [1.807, 2.05) is 0 Å². The molecule has 0 spiro atoms. The number of nitrogens with two attached hydrogens (primary N) is 1. The Hall–Kier alpha value is -1.77. The van der Waals surface area contributed by atoms with Crippen molar-refractivity contribution in [1.82, 2.24) is 19.5 Å². The van der Waals surface area contributed by atoms with Crippen molar-refractivity contribution in [2.75, 3.05) is 5.73 Å². The summed E-state index contributed by atoms with van der Waals surface area (Å²) in [6.45, 7) is 1.69. The molecule has 4 atom stereocenters. The number of aliphatic hydroxyl groups excluding tert-OH is 2. The molecule has 0 radical (unpaired) electrons. The molecule has 0 aliphatic carbocycles. The second kappa shape index (κ2) is 3.87. The number of hydrogen-bond donors (Lipinski definition) is 3. The topological polar surface area (TPSA) is 119 Å². The number of rotatable bonds is 1. The molecule has 3 heterocycles. The maximum Gasteiger partial charge on any atom is 0.167 e. The highest BCUT2D eigenvalue weighted by molar-refractivity contribution is 5.81. The zero-order valence-electron chi connectivity index (χ0n) is 9.63. The smallest absolute Gasteiger partial charge is 0.167 e. The van der Waals surface area contributed by atoms with Crippen LogP contribution in [0.4, 0.5) is 5.82 Å². The van der Waals surface area contributed by atoms with Gasteiger partial charge in [0.15, 0.2) is 17.7 Å². The molecule has 0 saturated carbocycles. The lowest BCUT2D eigenvalue weighted by atomic mass is 10.1. The molecule has 0 unspecified atom stereocenters. The monoisotopic (exact) mass is 251 g/mol. The van der Waals surface area contributed by atoms with E-state index in [2.05, 4.69) is 15.0 Å². The predicted molar refractivity (Wildman–Crippen MR) is 61.3 cm³/mol. The Kier molecular flexibility index (Phi) is 2.44. The van der Waals surface area contributed by atoms with E-state index < -0.39 is 24.5 Å². The maximum absolute atomic E-state index is 9.93. The number of ether oxygens (including phenoxy) is 1. The lowest BCUT2D eigenvalue weighted by Gasteiger charge is -2.16. The van der Waals surface area contributed by atoms with E-state index >= 15 is 0 Å². The van der Waals surface area contributed by atoms with Crippen molar-refractivity contribution < 1.29 is 14.9 Å². The van der Waals surface area contributed by atoms with Crippen molar-refractivity contribution >= 4 is 17.0 Å². The summed E-state index contributed by atoms with van der Waals surface area (Å²) in [5.74, 6) is 0.264. The van der Waals surface area contributed by atoms with Gasteiger partial charge in [-0.15, -0.1) is 0 Å². The van der Waals surface area contributed by atoms with Crippen LogP contribution in [0.3, 0.4) is 0 Å². The van der Waals surface area contributed by atoms with E-state index in [4.69, 9.17) is 10.5 Å². The van der Waals surface area contributed by atoms with E-state index in [1.165, 1.54) is 12.7 Å². The van der Waals surface area contributed by atoms with Crippen LogP contribution in [-0.4, -0.2) is 48.0 Å². The molecular weight excluding hydrogens is 238 g/mol. The van der Waals surface area contributed by atoms with Crippen molar-refractivity contribution in [3.63, 3.8) is 0 Å². The zero-order valence-corrected chi connectivity index (χ0v) is 9.63. The molecule has 2 aromatic heterocycles. The van der Waals surface area contributed by atoms with Gasteiger partial charge in [0.1, 0.15) is 24.1 Å². The van der Waals surface area contributed by atoms with E-state index in [0.29, 0.717) is 11.2 Å². The average molecular weight is 251 g/mol. The van der Waals surface area contributed by atoms with Gasteiger partial charge in [0, 0.05) is 0 Å². The quantitative estimate of drug-likeness (QED) is 0.597. The Balaban J connectivity index is 2.08. The Labute approximate surface area is 102 Å². The zero-order chi connectivity index (χ0) is 12.9. The summed E-state index contributed by atoms with van der Waals surface area (Å²) < 4.78 is 7.05. The number of hydrogen-bond acceptors (Lipinski definition) is 7. The summed E-state index contributed by atoms with van der Waals surface area (Å²) >= 11 is 0. The summed E-state index contributed by atoms with van der Waals surface area (Å²) in [6.07, 6.45) is -0.373. The normalized spacial score (nSPS) is 32.2. The van der Waals surface area contributed by atoms with Crippen LogP contribution in [0.15, 0.2) is 12.7 Å². The van der Waals surface area contributed by atoms with E-state index in [9.17, 15) is 10.2 Å². The fraction of sp³-hybridized carbons (Fsp3) is 0.500. The molecule has 8 heteroatoms. The molecule has 8 nitrogen and oxygen atoms in total. The molecule has 2 aromatic rings. The number of nitrogen functional groups attached to an aromatic ring is 1. The Morgan fingerprint density at radius 3 is 2.72 bits per heavy atom. The molecule has 0 bridgehead atoms. The van der Waals surface area contributed by atoms with Crippen LogP contribution in [0.1, 0.15) is 13.2 Å². The van der Waals surface area contributed by atoms with Gasteiger partial charge in [0.05, 0.1) is 12.4 Å². The van der Waals surface area contributed by atoms with Crippen LogP contribution in [0, 0.1) is 0 Å². The first-order chi connectivity index (χ1) is 8.59. The van der Waals surface area contributed by atoms with Gasteiger partial charge in [-0.2, -0.15) is 0 Å². The second-order valence-electron chi connectivity index (χ2n) is 4.30. The second-order valence-corrected chi connectivity index (χ2v) is 4.30. The Morgan fingerprint density at radius 2 is 2.06 bits per heavy atom. The molecule has 4 N–H and O–H groups in total. The van der Waals surface area contributed by atoms with E-state index in [-0.39, 0.29) is 5.82 Å². The van der Waals surface area contributed by atoms with Crippen molar-refractivity contribution in [3.05, 3.63) is 12.7 Å². The third kappa shape index (κ3) is 1.47. The van der Waals surface area contributed by atoms with Crippen LogP contribution < -0.4 is 5.73 Å². The average Bonchev–Trinajstić information content (AvgIpc) is 2.88. The van der Waals surface area contributed by atoms with Crippen molar-refractivity contribution in [2.24, 2.45) is 0 Å². The number of imidazole rings is 1. The van der Waals surface area contributed by atoms with Crippen LogP contribution in [0.2, 0.25) is 0 Å². The summed E-state index contributed by atoms with van der Waals surface area (Å²) in [5.41, 5.74) is 6.59. The summed E-state index contributed by atoms with van der Waals surface area (Å²) in [5, 5.41) is 19.6. The van der Waals surface area contributed by atoms with Gasteiger partial charge in [-0.05, 0) is 6.92 Å². The Bertz CT molecular complexity index is 586. The first-order valence-electron chi connectivity index (χ1n) is 5.54. The highest BCUT2D eigenvalue weighted by Gasteiger charge is 2.41. The van der Waals surface area contributed by atoms with Crippen molar-refractivity contribution in [2.45, 2.75) is 31.5 Å². The highest BCUT2D eigenvalue weighted by Crippen LogP contribution is 2.31. The summed E-state index contributed by atoms with van der Waals surface area (Å²) in [4.78, 5) is 12.0. The van der Waals surface area contributed by atoms with Gasteiger partial charge in [-0.3, -0.25) is 4.57 Å². The molecule has 3 rings (SSSR count). The number of anilines is 1. The van der Waals surface area contributed by atoms with Gasteiger partial charge >= 0.3 is 0 Å². The van der Waals surface area contributed by atoms with E-state index in [0.717, 1.165) is 0 Å². The lowest BCUT2D eigenvalue weighted by Crippen LogP contribution is -2.30. The SMILES string of the molecule is C[C@H]1O[C@@H](n2cnc3c(N)ncnc32)[C@@H](O)[C@H]1O. The first kappa shape index (κ1) is 11.3. The van der Waals surface area contributed by atoms with Gasteiger partial charge in [0.25, 0.3) is 0 Å². The third-order valence-corrected chi connectivity index (χ3v) is 3.14. The number of aromatic nitrogens is 4. The summed E-state index contributed by atoms with van der Waals surface area (Å²) in [7, 11) is 0. The fourth-order valence-corrected chi connectivity index (χ4v) is 2.11. The number of nitrogens with zero attached hydrogens (tertiary/aromatic N) is 4. The maximum atomic E-state index is 9.93. The number of fused-ring (bicyclic) bond motifs is 1. The Morgan fingerprint density at radius 1 is 1.28 bits per heavy atom. The van der Waals surface area contributed by atoms with Gasteiger partial charge in [-0.1, -0.05) is 0 Å². The van der Waals surface area contributed by atoms with Crippen LogP contribution in [-0.2, 0) is 4.74 Å². The largest absolute Gasteiger partial charge is 0.388 e. The lowest BCUT2D eigenvalue weighted by molar-refractivity contribution is -0.0299. The standard InChI is InChI=1S/C10H13N5O3/c1-4-6(16)7(17)10(18-4)15-3-14-5-8(11)12-2-13-9(5)15/h2-4,6-7,10,16-17H,1H3,(H2,11,12,13)/t4-,6+,7+,10-/m1/s1. The molecule has 96 valence electrons. The van der Waals surface area contributed by atoms with Crippen LogP contribution in [0.5, 0.6) is 0 Å². The molecule has 0 aromatic carbocycles. The molecule has 1 aliphatic heterocycles. The molecule has 1 saturated heterocycles. The van der Waals surface area contributed by atoms with Crippen LogP contribution >= 0.6 is 0 Å². The summed E-state index contributed by atoms with van der Waals surface area (Å²) in [6, 6.07) is 0. The minimum atomic E-state index is -1.03. The molecule has 1 aliphatic rings. The number of aliphatic hydroxyl groups is 2. The van der Waals surface area contributed by atoms with E-state index in [1.54, 1.807) is 11.5 Å².